The monoisotopic (exact) mass is 256 g/mol. The van der Waals surface area contributed by atoms with Gasteiger partial charge in [0.1, 0.15) is 10.0 Å². The van der Waals surface area contributed by atoms with E-state index in [0.717, 1.165) is 10.0 Å². The van der Waals surface area contributed by atoms with E-state index in [1.165, 1.54) is 0 Å². The van der Waals surface area contributed by atoms with E-state index in [4.69, 9.17) is 5.73 Å². The first-order valence-electron chi connectivity index (χ1n) is 5.63. The van der Waals surface area contributed by atoms with Crippen LogP contribution in [0.2, 0.25) is 0 Å². The summed E-state index contributed by atoms with van der Waals surface area (Å²) < 4.78 is 0. The van der Waals surface area contributed by atoms with Crippen molar-refractivity contribution < 1.29 is 4.79 Å². The van der Waals surface area contributed by atoms with Crippen molar-refractivity contribution in [2.45, 2.75) is 40.2 Å². The highest BCUT2D eigenvalue weighted by molar-refractivity contribution is 7.11. The number of rotatable bonds is 4. The van der Waals surface area contributed by atoms with Crippen molar-refractivity contribution in [3.8, 4) is 0 Å². The van der Waals surface area contributed by atoms with Gasteiger partial charge < -0.3 is 11.1 Å². The van der Waals surface area contributed by atoms with Gasteiger partial charge in [-0.25, -0.2) is 0 Å². The fourth-order valence-corrected chi connectivity index (χ4v) is 1.94. The van der Waals surface area contributed by atoms with Gasteiger partial charge in [-0.05, 0) is 12.3 Å². The molecule has 17 heavy (non-hydrogen) atoms. The van der Waals surface area contributed by atoms with Crippen LogP contribution in [0.5, 0.6) is 0 Å². The number of hydrogen-bond acceptors (Lipinski definition) is 5. The lowest BCUT2D eigenvalue weighted by Crippen LogP contribution is -2.48. The number of hydrogen-bond donors (Lipinski definition) is 2. The average Bonchev–Trinajstić information content (AvgIpc) is 2.61. The number of nitrogens with two attached hydrogens (primary N) is 1. The fraction of sp³-hybridized carbons (Fsp3) is 0.727. The molecular weight excluding hydrogens is 236 g/mol. The second-order valence-electron chi connectivity index (χ2n) is 5.10. The van der Waals surface area contributed by atoms with Crippen LogP contribution in [0.25, 0.3) is 0 Å². The first-order valence-corrected chi connectivity index (χ1v) is 6.44. The summed E-state index contributed by atoms with van der Waals surface area (Å²) >= 11 is 1.55. The van der Waals surface area contributed by atoms with E-state index >= 15 is 0 Å². The van der Waals surface area contributed by atoms with Crippen molar-refractivity contribution in [1.82, 2.24) is 15.5 Å². The molecule has 0 aliphatic carbocycles. The molecular formula is C11H20N4OS. The molecule has 3 N–H and O–H groups in total. The molecule has 0 spiro atoms. The van der Waals surface area contributed by atoms with Crippen LogP contribution in [0.15, 0.2) is 0 Å². The van der Waals surface area contributed by atoms with E-state index in [1.54, 1.807) is 11.3 Å². The molecule has 0 saturated carbocycles. The second kappa shape index (κ2) is 5.55. The first-order chi connectivity index (χ1) is 7.80. The van der Waals surface area contributed by atoms with Gasteiger partial charge in [-0.3, -0.25) is 4.79 Å². The predicted molar refractivity (Wildman–Crippen MR) is 68.8 cm³/mol. The van der Waals surface area contributed by atoms with Crippen LogP contribution in [-0.4, -0.2) is 28.7 Å². The summed E-state index contributed by atoms with van der Waals surface area (Å²) in [5.41, 5.74) is 5.62. The predicted octanol–water partition coefficient (Wildman–Crippen LogP) is 0.879. The van der Waals surface area contributed by atoms with Gasteiger partial charge >= 0.3 is 0 Å². The lowest BCUT2D eigenvalue weighted by atomic mass is 9.87. The van der Waals surface area contributed by atoms with E-state index in [9.17, 15) is 4.79 Å². The third-order valence-electron chi connectivity index (χ3n) is 2.42. The maximum absolute atomic E-state index is 11.7. The highest BCUT2D eigenvalue weighted by Crippen LogP contribution is 2.17. The van der Waals surface area contributed by atoms with Gasteiger partial charge in [0.15, 0.2) is 0 Å². The topological polar surface area (TPSA) is 80.9 Å². The summed E-state index contributed by atoms with van der Waals surface area (Å²) in [6, 6.07) is -0.487. The SMILES string of the molecule is Cc1nnc(CCNC(=O)[C@@H](N)C(C)(C)C)s1. The largest absolute Gasteiger partial charge is 0.354 e. The van der Waals surface area contributed by atoms with Gasteiger partial charge in [0, 0.05) is 13.0 Å². The van der Waals surface area contributed by atoms with Crippen LogP contribution in [0.4, 0.5) is 0 Å². The molecule has 96 valence electrons. The highest BCUT2D eigenvalue weighted by atomic mass is 32.1. The Balaban J connectivity index is 2.34. The molecule has 0 bridgehead atoms. The minimum Gasteiger partial charge on any atom is -0.354 e. The van der Waals surface area contributed by atoms with E-state index in [2.05, 4.69) is 15.5 Å². The van der Waals surface area contributed by atoms with Crippen molar-refractivity contribution in [2.24, 2.45) is 11.1 Å². The number of aryl methyl sites for hydroxylation is 1. The Labute approximate surface area is 106 Å². The maximum atomic E-state index is 11.7. The first kappa shape index (κ1) is 14.1. The molecule has 1 amide bonds. The summed E-state index contributed by atoms with van der Waals surface area (Å²) in [5, 5.41) is 12.6. The lowest BCUT2D eigenvalue weighted by molar-refractivity contribution is -0.124. The lowest BCUT2D eigenvalue weighted by Gasteiger charge is -2.25. The number of carbonyl (C=O) groups is 1. The van der Waals surface area contributed by atoms with Crippen LogP contribution in [0, 0.1) is 12.3 Å². The molecule has 0 aliphatic heterocycles. The summed E-state index contributed by atoms with van der Waals surface area (Å²) in [7, 11) is 0. The van der Waals surface area contributed by atoms with E-state index in [1.807, 2.05) is 27.7 Å². The van der Waals surface area contributed by atoms with Gasteiger partial charge in [-0.1, -0.05) is 20.8 Å². The van der Waals surface area contributed by atoms with Crippen molar-refractivity contribution in [3.63, 3.8) is 0 Å². The third-order valence-corrected chi connectivity index (χ3v) is 3.32. The van der Waals surface area contributed by atoms with Gasteiger partial charge in [-0.2, -0.15) is 0 Å². The Morgan fingerprint density at radius 1 is 1.47 bits per heavy atom. The van der Waals surface area contributed by atoms with Crippen molar-refractivity contribution in [2.75, 3.05) is 6.54 Å². The molecule has 1 atom stereocenters. The van der Waals surface area contributed by atoms with Crippen LogP contribution in [0.3, 0.4) is 0 Å². The van der Waals surface area contributed by atoms with Crippen molar-refractivity contribution in [1.29, 1.82) is 0 Å². The van der Waals surface area contributed by atoms with E-state index < -0.39 is 6.04 Å². The molecule has 1 aromatic heterocycles. The number of amides is 1. The number of aromatic nitrogens is 2. The van der Waals surface area contributed by atoms with Crippen molar-refractivity contribution >= 4 is 17.2 Å². The van der Waals surface area contributed by atoms with Crippen LogP contribution >= 0.6 is 11.3 Å². The quantitative estimate of drug-likeness (QED) is 0.838. The molecule has 1 aromatic rings. The molecule has 0 saturated heterocycles. The molecule has 0 unspecified atom stereocenters. The van der Waals surface area contributed by atoms with Gasteiger partial charge in [-0.15, -0.1) is 21.5 Å². The molecule has 0 aromatic carbocycles. The minimum absolute atomic E-state index is 0.112. The zero-order valence-electron chi connectivity index (χ0n) is 10.8. The second-order valence-corrected chi connectivity index (χ2v) is 6.37. The van der Waals surface area contributed by atoms with Crippen LogP contribution < -0.4 is 11.1 Å². The fourth-order valence-electron chi connectivity index (χ4n) is 1.23. The summed E-state index contributed by atoms with van der Waals surface area (Å²) in [6.45, 7) is 8.31. The Kier molecular flexibility index (Phi) is 4.59. The molecule has 0 radical (unpaired) electrons. The Bertz CT molecular complexity index is 383. The molecule has 1 rings (SSSR count). The number of nitrogens with zero attached hydrogens (tertiary/aromatic N) is 2. The average molecular weight is 256 g/mol. The molecule has 0 fully saturated rings. The standard InChI is InChI=1S/C11H20N4OS/c1-7-14-15-8(17-7)5-6-13-10(16)9(12)11(2,3)4/h9H,5-6,12H2,1-4H3,(H,13,16)/t9-/m1/s1. The molecule has 5 nitrogen and oxygen atoms in total. The van der Waals surface area contributed by atoms with Gasteiger partial charge in [0.2, 0.25) is 5.91 Å². The third kappa shape index (κ3) is 4.40. The van der Waals surface area contributed by atoms with E-state index in [0.29, 0.717) is 13.0 Å². The highest BCUT2D eigenvalue weighted by Gasteiger charge is 2.26. The maximum Gasteiger partial charge on any atom is 0.237 e. The zero-order valence-corrected chi connectivity index (χ0v) is 11.6. The zero-order chi connectivity index (χ0) is 13.1. The Morgan fingerprint density at radius 3 is 2.59 bits per heavy atom. The molecule has 6 heteroatoms. The number of nitrogens with one attached hydrogen (secondary N) is 1. The summed E-state index contributed by atoms with van der Waals surface area (Å²) in [5.74, 6) is -0.112. The number of carbonyl (C=O) groups excluding carboxylic acids is 1. The van der Waals surface area contributed by atoms with Gasteiger partial charge in [0.25, 0.3) is 0 Å². The Morgan fingerprint density at radius 2 is 2.12 bits per heavy atom. The minimum atomic E-state index is -0.487. The van der Waals surface area contributed by atoms with Gasteiger partial charge in [0.05, 0.1) is 6.04 Å². The molecule has 1 heterocycles. The summed E-state index contributed by atoms with van der Waals surface area (Å²) in [4.78, 5) is 11.7. The Hall–Kier alpha value is -1.01. The van der Waals surface area contributed by atoms with E-state index in [-0.39, 0.29) is 11.3 Å². The normalized spacial score (nSPS) is 13.5. The smallest absolute Gasteiger partial charge is 0.237 e. The van der Waals surface area contributed by atoms with Crippen molar-refractivity contribution in [3.05, 3.63) is 10.0 Å². The van der Waals surface area contributed by atoms with Crippen LogP contribution in [0.1, 0.15) is 30.8 Å². The molecule has 0 aliphatic rings. The van der Waals surface area contributed by atoms with Crippen LogP contribution in [-0.2, 0) is 11.2 Å². The summed E-state index contributed by atoms with van der Waals surface area (Å²) in [6.07, 6.45) is 0.702.